The van der Waals surface area contributed by atoms with Crippen LogP contribution in [0.5, 0.6) is 0 Å². The summed E-state index contributed by atoms with van der Waals surface area (Å²) < 4.78 is 4.68. The van der Waals surface area contributed by atoms with Crippen LogP contribution in [0.15, 0.2) is 0 Å². The fourth-order valence-electron chi connectivity index (χ4n) is 0.160. The fourth-order valence-corrected chi connectivity index (χ4v) is 0.322. The SMILES string of the molecule is CC1OC1Cl.OO. The Kier molecular flexibility index (Phi) is 3.29. The van der Waals surface area contributed by atoms with Gasteiger partial charge in [-0.05, 0) is 6.92 Å². The topological polar surface area (TPSA) is 53.0 Å². The van der Waals surface area contributed by atoms with E-state index in [1.165, 1.54) is 0 Å². The molecular formula is C3H7ClO3. The fraction of sp³-hybridized carbons (Fsp3) is 1.00. The molecule has 0 bridgehead atoms. The van der Waals surface area contributed by atoms with Crippen molar-refractivity contribution in [1.29, 1.82) is 0 Å². The van der Waals surface area contributed by atoms with Crippen molar-refractivity contribution in [3.8, 4) is 0 Å². The number of ether oxygens (including phenoxy) is 1. The summed E-state index contributed by atoms with van der Waals surface area (Å²) in [5.41, 5.74) is 0.0231. The average molecular weight is 127 g/mol. The summed E-state index contributed by atoms with van der Waals surface area (Å²) >= 11 is 5.31. The Morgan fingerprint density at radius 1 is 1.57 bits per heavy atom. The number of hydrogen-bond acceptors (Lipinski definition) is 3. The highest BCUT2D eigenvalue weighted by molar-refractivity contribution is 6.21. The Morgan fingerprint density at radius 3 is 1.71 bits per heavy atom. The molecule has 1 saturated heterocycles. The molecule has 0 aromatic rings. The van der Waals surface area contributed by atoms with Gasteiger partial charge < -0.3 is 4.74 Å². The third-order valence-electron chi connectivity index (χ3n) is 0.637. The molecule has 0 aromatic carbocycles. The molecule has 1 heterocycles. The maximum atomic E-state index is 6.00. The molecule has 4 heteroatoms. The predicted molar refractivity (Wildman–Crippen MR) is 25.4 cm³/mol. The van der Waals surface area contributed by atoms with Crippen LogP contribution < -0.4 is 0 Å². The molecule has 2 unspecified atom stereocenters. The number of halogens is 1. The van der Waals surface area contributed by atoms with Crippen LogP contribution in [0.25, 0.3) is 0 Å². The van der Waals surface area contributed by atoms with Gasteiger partial charge in [0.15, 0.2) is 5.56 Å². The molecule has 0 aromatic heterocycles. The average Bonchev–Trinajstić information content (AvgIpc) is 2.27. The van der Waals surface area contributed by atoms with Gasteiger partial charge in [0.2, 0.25) is 0 Å². The molecule has 44 valence electrons. The van der Waals surface area contributed by atoms with Crippen LogP contribution in [0.2, 0.25) is 0 Å². The Morgan fingerprint density at radius 2 is 1.71 bits per heavy atom. The molecule has 0 amide bonds. The van der Waals surface area contributed by atoms with Crippen LogP contribution in [0, 0.1) is 0 Å². The van der Waals surface area contributed by atoms with Crippen molar-refractivity contribution in [2.24, 2.45) is 0 Å². The first-order valence-corrected chi connectivity index (χ1v) is 2.24. The summed E-state index contributed by atoms with van der Waals surface area (Å²) in [6.45, 7) is 1.94. The third-order valence-corrected chi connectivity index (χ3v) is 1.09. The van der Waals surface area contributed by atoms with E-state index in [4.69, 9.17) is 22.1 Å². The highest BCUT2D eigenvalue weighted by Gasteiger charge is 2.30. The van der Waals surface area contributed by atoms with Crippen LogP contribution in [-0.2, 0) is 4.74 Å². The van der Waals surface area contributed by atoms with Gasteiger partial charge in [-0.1, -0.05) is 11.6 Å². The maximum absolute atomic E-state index is 6.00. The van der Waals surface area contributed by atoms with E-state index in [0.717, 1.165) is 0 Å². The number of hydrogen-bond donors (Lipinski definition) is 2. The minimum atomic E-state index is 0.0231. The van der Waals surface area contributed by atoms with Crippen molar-refractivity contribution in [3.05, 3.63) is 0 Å². The van der Waals surface area contributed by atoms with E-state index in [2.05, 4.69) is 4.74 Å². The van der Waals surface area contributed by atoms with E-state index in [1.54, 1.807) is 0 Å². The molecular weight excluding hydrogens is 119 g/mol. The van der Waals surface area contributed by atoms with Gasteiger partial charge in [-0.15, -0.1) is 0 Å². The summed E-state index contributed by atoms with van der Waals surface area (Å²) in [5, 5.41) is 12.0. The number of alkyl halides is 1. The van der Waals surface area contributed by atoms with Crippen molar-refractivity contribution in [3.63, 3.8) is 0 Å². The van der Waals surface area contributed by atoms with Gasteiger partial charge in [0.25, 0.3) is 0 Å². The summed E-state index contributed by atoms with van der Waals surface area (Å²) in [6, 6.07) is 0. The first kappa shape index (κ1) is 7.17. The predicted octanol–water partition coefficient (Wildman–Crippen LogP) is 0.987. The third kappa shape index (κ3) is 2.82. The Labute approximate surface area is 46.4 Å². The lowest BCUT2D eigenvalue weighted by Gasteiger charge is -1.55. The lowest BCUT2D eigenvalue weighted by molar-refractivity contribution is -0.176. The standard InChI is InChI=1S/C3H5ClO.H2O2/c1-2-3(4)5-2;1-2/h2-3H,1H3;1-2H. The molecule has 0 radical (unpaired) electrons. The highest BCUT2D eigenvalue weighted by atomic mass is 35.5. The Hall–Kier alpha value is 0.170. The van der Waals surface area contributed by atoms with Crippen LogP contribution in [0.3, 0.4) is 0 Å². The molecule has 1 aliphatic heterocycles. The lowest BCUT2D eigenvalue weighted by atomic mass is 10.6. The van der Waals surface area contributed by atoms with Gasteiger partial charge in [-0.25, -0.2) is 0 Å². The maximum Gasteiger partial charge on any atom is 0.157 e. The van der Waals surface area contributed by atoms with Crippen LogP contribution in [0.4, 0.5) is 0 Å². The summed E-state index contributed by atoms with van der Waals surface area (Å²) in [4.78, 5) is 0. The van der Waals surface area contributed by atoms with E-state index in [1.807, 2.05) is 6.92 Å². The van der Waals surface area contributed by atoms with E-state index >= 15 is 0 Å². The molecule has 0 saturated carbocycles. The van der Waals surface area contributed by atoms with E-state index < -0.39 is 0 Å². The van der Waals surface area contributed by atoms with E-state index in [-0.39, 0.29) is 5.56 Å². The second-order valence-corrected chi connectivity index (χ2v) is 1.62. The van der Waals surface area contributed by atoms with Gasteiger partial charge in [0, 0.05) is 0 Å². The minimum absolute atomic E-state index is 0.0231. The van der Waals surface area contributed by atoms with Crippen molar-refractivity contribution < 1.29 is 15.3 Å². The zero-order valence-corrected chi connectivity index (χ0v) is 4.59. The lowest BCUT2D eigenvalue weighted by Crippen LogP contribution is -1.69. The summed E-state index contributed by atoms with van der Waals surface area (Å²) in [5.74, 6) is 0. The first-order valence-electron chi connectivity index (χ1n) is 1.80. The second kappa shape index (κ2) is 3.21. The quantitative estimate of drug-likeness (QED) is 0.220. The molecule has 2 atom stereocenters. The largest absolute Gasteiger partial charge is 0.353 e. The van der Waals surface area contributed by atoms with Gasteiger partial charge in [-0.3, -0.25) is 10.5 Å². The van der Waals surface area contributed by atoms with Gasteiger partial charge >= 0.3 is 0 Å². The molecule has 0 aliphatic carbocycles. The molecule has 1 fully saturated rings. The molecule has 7 heavy (non-hydrogen) atoms. The zero-order chi connectivity index (χ0) is 5.86. The van der Waals surface area contributed by atoms with Crippen LogP contribution in [0.1, 0.15) is 6.92 Å². The van der Waals surface area contributed by atoms with Gasteiger partial charge in [0.05, 0.1) is 6.10 Å². The van der Waals surface area contributed by atoms with E-state index in [0.29, 0.717) is 6.10 Å². The monoisotopic (exact) mass is 126 g/mol. The van der Waals surface area contributed by atoms with Crippen molar-refractivity contribution >= 4 is 11.6 Å². The Balaban J connectivity index is 0.000000162. The highest BCUT2D eigenvalue weighted by Crippen LogP contribution is 2.23. The molecule has 2 N–H and O–H groups in total. The first-order chi connectivity index (χ1) is 3.30. The van der Waals surface area contributed by atoms with Crippen LogP contribution >= 0.6 is 11.6 Å². The van der Waals surface area contributed by atoms with E-state index in [9.17, 15) is 0 Å². The van der Waals surface area contributed by atoms with Gasteiger partial charge in [0.1, 0.15) is 0 Å². The molecule has 1 rings (SSSR count). The summed E-state index contributed by atoms with van der Waals surface area (Å²) in [6.07, 6.45) is 0.316. The number of rotatable bonds is 0. The summed E-state index contributed by atoms with van der Waals surface area (Å²) in [7, 11) is 0. The Bertz CT molecular complexity index is 43.4. The van der Waals surface area contributed by atoms with Gasteiger partial charge in [-0.2, -0.15) is 0 Å². The normalized spacial score (nSPS) is 36.0. The molecule has 3 nitrogen and oxygen atoms in total. The van der Waals surface area contributed by atoms with Crippen molar-refractivity contribution in [2.45, 2.75) is 18.6 Å². The smallest absolute Gasteiger partial charge is 0.157 e. The molecule has 1 aliphatic rings. The molecule has 0 spiro atoms. The minimum Gasteiger partial charge on any atom is -0.353 e. The van der Waals surface area contributed by atoms with Crippen LogP contribution in [-0.4, -0.2) is 22.2 Å². The zero-order valence-electron chi connectivity index (χ0n) is 3.84. The number of epoxide rings is 1. The van der Waals surface area contributed by atoms with Crippen molar-refractivity contribution in [2.75, 3.05) is 0 Å². The van der Waals surface area contributed by atoms with Crippen molar-refractivity contribution in [1.82, 2.24) is 0 Å². The second-order valence-electron chi connectivity index (χ2n) is 1.19.